The molecule has 3 rings (SSSR count). The molecule has 1 N–H and O–H groups in total. The van der Waals surface area contributed by atoms with E-state index in [1.807, 2.05) is 36.2 Å². The highest BCUT2D eigenvalue weighted by Crippen LogP contribution is 2.25. The van der Waals surface area contributed by atoms with Crippen LogP contribution in [-0.2, 0) is 11.2 Å². The van der Waals surface area contributed by atoms with Gasteiger partial charge in [0, 0.05) is 19.2 Å². The number of amides is 1. The van der Waals surface area contributed by atoms with Crippen molar-refractivity contribution < 1.29 is 9.90 Å². The quantitative estimate of drug-likeness (QED) is 0.879. The molecule has 0 radical (unpaired) electrons. The Balaban J connectivity index is 1.76. The van der Waals surface area contributed by atoms with Crippen LogP contribution in [-0.4, -0.2) is 47.5 Å². The Morgan fingerprint density at radius 2 is 1.72 bits per heavy atom. The molecule has 4 nitrogen and oxygen atoms in total. The number of hydrogen-bond acceptors (Lipinski definition) is 3. The Hall–Kier alpha value is -2.33. The number of likely N-dealkylation sites (tertiary alicyclic amines) is 1. The molecule has 1 amide bonds. The van der Waals surface area contributed by atoms with Gasteiger partial charge in [0.15, 0.2) is 0 Å². The first-order valence-electron chi connectivity index (χ1n) is 8.95. The van der Waals surface area contributed by atoms with Gasteiger partial charge in [0.25, 0.3) is 0 Å². The van der Waals surface area contributed by atoms with Crippen LogP contribution in [0.25, 0.3) is 0 Å². The summed E-state index contributed by atoms with van der Waals surface area (Å²) >= 11 is 0. The summed E-state index contributed by atoms with van der Waals surface area (Å²) in [6.45, 7) is 3.06. The molecule has 0 unspecified atom stereocenters. The van der Waals surface area contributed by atoms with E-state index in [-0.39, 0.29) is 24.1 Å². The molecule has 0 bridgehead atoms. The number of phenols is 1. The maximum atomic E-state index is 12.8. The van der Waals surface area contributed by atoms with Crippen LogP contribution in [0.3, 0.4) is 0 Å². The molecule has 2 aromatic rings. The Morgan fingerprint density at radius 1 is 1.08 bits per heavy atom. The molecule has 1 fully saturated rings. The third kappa shape index (κ3) is 4.40. The van der Waals surface area contributed by atoms with Crippen molar-refractivity contribution in [2.75, 3.05) is 26.7 Å². The molecule has 1 atom stereocenters. The van der Waals surface area contributed by atoms with Gasteiger partial charge in [-0.3, -0.25) is 4.79 Å². The molecule has 0 spiro atoms. The normalized spacial score (nSPS) is 15.9. The molecule has 1 aliphatic heterocycles. The zero-order valence-electron chi connectivity index (χ0n) is 14.8. The highest BCUT2D eigenvalue weighted by molar-refractivity contribution is 5.79. The lowest BCUT2D eigenvalue weighted by Crippen LogP contribution is -2.39. The van der Waals surface area contributed by atoms with Gasteiger partial charge in [-0.2, -0.15) is 0 Å². The summed E-state index contributed by atoms with van der Waals surface area (Å²) in [4.78, 5) is 17.1. The van der Waals surface area contributed by atoms with Gasteiger partial charge >= 0.3 is 0 Å². The van der Waals surface area contributed by atoms with Crippen molar-refractivity contribution in [3.05, 3.63) is 65.7 Å². The predicted octanol–water partition coefficient (Wildman–Crippen LogP) is 3.23. The summed E-state index contributed by atoms with van der Waals surface area (Å²) < 4.78 is 0. The first-order valence-corrected chi connectivity index (χ1v) is 8.95. The van der Waals surface area contributed by atoms with E-state index in [9.17, 15) is 9.90 Å². The highest BCUT2D eigenvalue weighted by Gasteiger charge is 2.25. The number of carbonyl (C=O) groups excluding carboxylic acids is 1. The van der Waals surface area contributed by atoms with E-state index in [4.69, 9.17) is 0 Å². The lowest BCUT2D eigenvalue weighted by atomic mass is 10.0. The minimum absolute atomic E-state index is 0.0227. The molecule has 0 aliphatic carbocycles. The second kappa shape index (κ2) is 8.17. The predicted molar refractivity (Wildman–Crippen MR) is 99.4 cm³/mol. The van der Waals surface area contributed by atoms with Gasteiger partial charge in [0.2, 0.25) is 5.91 Å². The zero-order chi connectivity index (χ0) is 17.6. The van der Waals surface area contributed by atoms with Crippen molar-refractivity contribution >= 4 is 5.91 Å². The summed E-state index contributed by atoms with van der Waals surface area (Å²) in [6.07, 6.45) is 2.68. The Bertz CT molecular complexity index is 696. The summed E-state index contributed by atoms with van der Waals surface area (Å²) in [5.41, 5.74) is 1.83. The van der Waals surface area contributed by atoms with E-state index in [0.717, 1.165) is 25.2 Å². The van der Waals surface area contributed by atoms with E-state index in [1.54, 1.807) is 18.2 Å². The van der Waals surface area contributed by atoms with Crippen LogP contribution in [0.5, 0.6) is 5.75 Å². The van der Waals surface area contributed by atoms with Crippen molar-refractivity contribution in [1.82, 2.24) is 9.80 Å². The monoisotopic (exact) mass is 338 g/mol. The Kier molecular flexibility index (Phi) is 5.71. The number of rotatable bonds is 6. The molecule has 2 aromatic carbocycles. The minimum Gasteiger partial charge on any atom is -0.508 e. The number of phenolic OH excluding ortho intramolecular Hbond substituents is 1. The van der Waals surface area contributed by atoms with Gasteiger partial charge in [0.05, 0.1) is 12.5 Å². The number of para-hydroxylation sites is 1. The topological polar surface area (TPSA) is 43.8 Å². The number of benzene rings is 2. The minimum atomic E-state index is 0.0227. The van der Waals surface area contributed by atoms with Crippen LogP contribution >= 0.6 is 0 Å². The number of aromatic hydroxyl groups is 1. The third-order valence-electron chi connectivity index (χ3n) is 5.01. The highest BCUT2D eigenvalue weighted by atomic mass is 16.3. The average molecular weight is 338 g/mol. The second-order valence-corrected chi connectivity index (χ2v) is 6.74. The molecule has 1 saturated heterocycles. The van der Waals surface area contributed by atoms with Gasteiger partial charge in [-0.1, -0.05) is 48.5 Å². The van der Waals surface area contributed by atoms with Gasteiger partial charge in [-0.25, -0.2) is 0 Å². The van der Waals surface area contributed by atoms with E-state index in [2.05, 4.69) is 17.0 Å². The fraction of sp³-hybridized carbons (Fsp3) is 0.381. The maximum Gasteiger partial charge on any atom is 0.227 e. The third-order valence-corrected chi connectivity index (χ3v) is 5.01. The molecular formula is C21H26N2O2. The van der Waals surface area contributed by atoms with E-state index in [0.29, 0.717) is 5.56 Å². The SMILES string of the molecule is CN(C(=O)Cc1ccccc1O)[C@H](CN1CCCC1)c1ccccc1. The van der Waals surface area contributed by atoms with E-state index >= 15 is 0 Å². The van der Waals surface area contributed by atoms with E-state index in [1.165, 1.54) is 12.8 Å². The van der Waals surface area contributed by atoms with Gasteiger partial charge < -0.3 is 14.9 Å². The number of likely N-dealkylation sites (N-methyl/N-ethyl adjacent to an activating group) is 1. The molecule has 0 saturated carbocycles. The van der Waals surface area contributed by atoms with Crippen molar-refractivity contribution in [3.8, 4) is 5.75 Å². The summed E-state index contributed by atoms with van der Waals surface area (Å²) in [5, 5.41) is 9.95. The van der Waals surface area contributed by atoms with Crippen molar-refractivity contribution in [2.45, 2.75) is 25.3 Å². The molecule has 132 valence electrons. The zero-order valence-corrected chi connectivity index (χ0v) is 14.8. The fourth-order valence-corrected chi connectivity index (χ4v) is 3.46. The molecule has 1 heterocycles. The number of carbonyl (C=O) groups is 1. The van der Waals surface area contributed by atoms with Gasteiger partial charge in [0.1, 0.15) is 5.75 Å². The van der Waals surface area contributed by atoms with Crippen LogP contribution in [0.1, 0.15) is 30.0 Å². The summed E-state index contributed by atoms with van der Waals surface area (Å²) in [5.74, 6) is 0.203. The standard InChI is InChI=1S/C21H26N2O2/c1-22(21(25)15-18-11-5-6-12-20(18)24)19(16-23-13-7-8-14-23)17-9-3-2-4-10-17/h2-6,9-12,19,24H,7-8,13-16H2,1H3/t19-/m1/s1. The first kappa shape index (κ1) is 17.5. The largest absolute Gasteiger partial charge is 0.508 e. The maximum absolute atomic E-state index is 12.8. The fourth-order valence-electron chi connectivity index (χ4n) is 3.46. The van der Waals surface area contributed by atoms with Crippen molar-refractivity contribution in [1.29, 1.82) is 0 Å². The summed E-state index contributed by atoms with van der Waals surface area (Å²) in [7, 11) is 1.87. The molecule has 4 heteroatoms. The van der Waals surface area contributed by atoms with Crippen LogP contribution < -0.4 is 0 Å². The Morgan fingerprint density at radius 3 is 2.40 bits per heavy atom. The Labute approximate surface area is 149 Å². The number of nitrogens with zero attached hydrogens (tertiary/aromatic N) is 2. The van der Waals surface area contributed by atoms with Gasteiger partial charge in [-0.05, 0) is 37.6 Å². The second-order valence-electron chi connectivity index (χ2n) is 6.74. The lowest BCUT2D eigenvalue weighted by Gasteiger charge is -2.32. The van der Waals surface area contributed by atoms with Crippen LogP contribution in [0.4, 0.5) is 0 Å². The van der Waals surface area contributed by atoms with Gasteiger partial charge in [-0.15, -0.1) is 0 Å². The summed E-state index contributed by atoms with van der Waals surface area (Å²) in [6, 6.07) is 17.3. The van der Waals surface area contributed by atoms with Crippen LogP contribution in [0.2, 0.25) is 0 Å². The average Bonchev–Trinajstić information content (AvgIpc) is 3.15. The molecule has 0 aromatic heterocycles. The lowest BCUT2D eigenvalue weighted by molar-refractivity contribution is -0.131. The molecule has 1 aliphatic rings. The smallest absolute Gasteiger partial charge is 0.227 e. The van der Waals surface area contributed by atoms with Crippen molar-refractivity contribution in [2.24, 2.45) is 0 Å². The van der Waals surface area contributed by atoms with Crippen LogP contribution in [0.15, 0.2) is 54.6 Å². The molecule has 25 heavy (non-hydrogen) atoms. The van der Waals surface area contributed by atoms with Crippen molar-refractivity contribution in [3.63, 3.8) is 0 Å². The number of hydrogen-bond donors (Lipinski definition) is 1. The molecular weight excluding hydrogens is 312 g/mol. The first-order chi connectivity index (χ1) is 12.1. The van der Waals surface area contributed by atoms with Crippen LogP contribution in [0, 0.1) is 0 Å². The van der Waals surface area contributed by atoms with E-state index < -0.39 is 0 Å².